The molecular weight excluding hydrogens is 405 g/mol. The van der Waals surface area contributed by atoms with Gasteiger partial charge in [-0.1, -0.05) is 39.0 Å². The minimum atomic E-state index is -4.37. The third-order valence-electron chi connectivity index (χ3n) is 5.51. The number of piperazine rings is 1. The first kappa shape index (κ1) is 23.0. The molecule has 0 N–H and O–H groups in total. The molecule has 31 heavy (non-hydrogen) atoms. The fourth-order valence-electron chi connectivity index (χ4n) is 3.61. The van der Waals surface area contributed by atoms with Crippen molar-refractivity contribution < 1.29 is 22.7 Å². The van der Waals surface area contributed by atoms with Gasteiger partial charge in [-0.05, 0) is 48.2 Å². The SMILES string of the molecule is C[C@@H](Oc1ccc(C(C)(C)C)cc1)C(=O)N1CCN(c2cccc(C(F)(F)F)c2)CC1. The maximum absolute atomic E-state index is 13.0. The quantitative estimate of drug-likeness (QED) is 0.670. The molecule has 0 aliphatic carbocycles. The monoisotopic (exact) mass is 434 g/mol. The molecule has 7 heteroatoms. The van der Waals surface area contributed by atoms with Crippen LogP contribution in [0.25, 0.3) is 0 Å². The molecule has 0 radical (unpaired) electrons. The van der Waals surface area contributed by atoms with Gasteiger partial charge in [0.05, 0.1) is 5.56 Å². The van der Waals surface area contributed by atoms with Crippen molar-refractivity contribution in [3.05, 3.63) is 59.7 Å². The van der Waals surface area contributed by atoms with Gasteiger partial charge in [0.1, 0.15) is 5.75 Å². The largest absolute Gasteiger partial charge is 0.481 e. The van der Waals surface area contributed by atoms with E-state index >= 15 is 0 Å². The number of alkyl halides is 3. The van der Waals surface area contributed by atoms with Gasteiger partial charge in [-0.25, -0.2) is 0 Å². The standard InChI is InChI=1S/C24H29F3N2O2/c1-17(31-21-10-8-18(9-11-21)23(2,3)4)22(30)29-14-12-28(13-15-29)20-7-5-6-19(16-20)24(25,26)27/h5-11,16-17H,12-15H2,1-4H3/t17-/m1/s1. The number of benzene rings is 2. The average Bonchev–Trinajstić information content (AvgIpc) is 2.72. The van der Waals surface area contributed by atoms with E-state index in [1.165, 1.54) is 11.6 Å². The molecule has 0 bridgehead atoms. The van der Waals surface area contributed by atoms with Gasteiger partial charge in [0.15, 0.2) is 6.10 Å². The lowest BCUT2D eigenvalue weighted by Gasteiger charge is -2.37. The van der Waals surface area contributed by atoms with Crippen molar-refractivity contribution in [2.45, 2.75) is 45.4 Å². The van der Waals surface area contributed by atoms with E-state index in [9.17, 15) is 18.0 Å². The zero-order valence-electron chi connectivity index (χ0n) is 18.4. The van der Waals surface area contributed by atoms with Crippen molar-refractivity contribution >= 4 is 11.6 Å². The zero-order chi connectivity index (χ0) is 22.8. The fraction of sp³-hybridized carbons (Fsp3) is 0.458. The first-order valence-electron chi connectivity index (χ1n) is 10.4. The van der Waals surface area contributed by atoms with Crippen LogP contribution in [0.2, 0.25) is 0 Å². The molecule has 0 saturated carbocycles. The van der Waals surface area contributed by atoms with E-state index < -0.39 is 17.8 Å². The Morgan fingerprint density at radius 1 is 0.935 bits per heavy atom. The highest BCUT2D eigenvalue weighted by atomic mass is 19.4. The molecule has 0 aromatic heterocycles. The minimum Gasteiger partial charge on any atom is -0.481 e. The summed E-state index contributed by atoms with van der Waals surface area (Å²) >= 11 is 0. The Hall–Kier alpha value is -2.70. The van der Waals surface area contributed by atoms with Crippen molar-refractivity contribution in [2.75, 3.05) is 31.1 Å². The number of carbonyl (C=O) groups is 1. The summed E-state index contributed by atoms with van der Waals surface area (Å²) in [5.41, 5.74) is 1.08. The van der Waals surface area contributed by atoms with E-state index in [1.54, 1.807) is 17.9 Å². The average molecular weight is 435 g/mol. The lowest BCUT2D eigenvalue weighted by atomic mass is 9.87. The van der Waals surface area contributed by atoms with Gasteiger partial charge in [0.25, 0.3) is 5.91 Å². The number of hydrogen-bond acceptors (Lipinski definition) is 3. The molecule has 168 valence electrons. The van der Waals surface area contributed by atoms with Crippen molar-refractivity contribution in [1.82, 2.24) is 4.90 Å². The summed E-state index contributed by atoms with van der Waals surface area (Å²) in [5, 5.41) is 0. The van der Waals surface area contributed by atoms with Gasteiger partial charge >= 0.3 is 6.18 Å². The van der Waals surface area contributed by atoms with Crippen LogP contribution < -0.4 is 9.64 Å². The summed E-state index contributed by atoms with van der Waals surface area (Å²) in [6, 6.07) is 13.0. The Kier molecular flexibility index (Phi) is 6.53. The second-order valence-electron chi connectivity index (χ2n) is 8.89. The maximum atomic E-state index is 13.0. The predicted octanol–water partition coefficient (Wildman–Crippen LogP) is 5.12. The Morgan fingerprint density at radius 3 is 2.10 bits per heavy atom. The molecule has 1 heterocycles. The lowest BCUT2D eigenvalue weighted by molar-refractivity contribution is -0.138. The van der Waals surface area contributed by atoms with Crippen molar-refractivity contribution in [3.63, 3.8) is 0 Å². The van der Waals surface area contributed by atoms with Crippen LogP contribution in [0.3, 0.4) is 0 Å². The Balaban J connectivity index is 1.56. The van der Waals surface area contributed by atoms with Crippen molar-refractivity contribution in [3.8, 4) is 5.75 Å². The van der Waals surface area contributed by atoms with Gasteiger partial charge in [0, 0.05) is 31.9 Å². The van der Waals surface area contributed by atoms with E-state index in [-0.39, 0.29) is 11.3 Å². The summed E-state index contributed by atoms with van der Waals surface area (Å²) in [7, 11) is 0. The number of amides is 1. The number of nitrogens with zero attached hydrogens (tertiary/aromatic N) is 2. The van der Waals surface area contributed by atoms with Gasteiger partial charge in [-0.15, -0.1) is 0 Å². The van der Waals surface area contributed by atoms with Crippen molar-refractivity contribution in [1.29, 1.82) is 0 Å². The van der Waals surface area contributed by atoms with Crippen LogP contribution >= 0.6 is 0 Å². The highest BCUT2D eigenvalue weighted by Crippen LogP contribution is 2.32. The Morgan fingerprint density at radius 2 is 1.55 bits per heavy atom. The highest BCUT2D eigenvalue weighted by molar-refractivity contribution is 5.81. The second-order valence-corrected chi connectivity index (χ2v) is 8.89. The second kappa shape index (κ2) is 8.81. The molecule has 1 aliphatic heterocycles. The molecule has 1 fully saturated rings. The number of halogens is 3. The first-order chi connectivity index (χ1) is 14.4. The van der Waals surface area contributed by atoms with Gasteiger partial charge in [-0.2, -0.15) is 13.2 Å². The first-order valence-corrected chi connectivity index (χ1v) is 10.4. The normalized spacial score (nSPS) is 16.2. The summed E-state index contributed by atoms with van der Waals surface area (Å²) in [5.74, 6) is 0.514. The third-order valence-corrected chi connectivity index (χ3v) is 5.51. The van der Waals surface area contributed by atoms with E-state index in [4.69, 9.17) is 4.74 Å². The predicted molar refractivity (Wildman–Crippen MR) is 115 cm³/mol. The summed E-state index contributed by atoms with van der Waals surface area (Å²) in [4.78, 5) is 16.4. The number of anilines is 1. The number of rotatable bonds is 4. The molecule has 4 nitrogen and oxygen atoms in total. The van der Waals surface area contributed by atoms with Crippen molar-refractivity contribution in [2.24, 2.45) is 0 Å². The number of ether oxygens (including phenoxy) is 1. The van der Waals surface area contributed by atoms with Crippen LogP contribution in [0.5, 0.6) is 5.75 Å². The van der Waals surface area contributed by atoms with E-state index in [0.29, 0.717) is 37.6 Å². The molecule has 1 saturated heterocycles. The molecule has 1 aliphatic rings. The van der Waals surface area contributed by atoms with Crippen LogP contribution in [-0.2, 0) is 16.4 Å². The van der Waals surface area contributed by atoms with Crippen LogP contribution in [0.15, 0.2) is 48.5 Å². The molecule has 2 aromatic carbocycles. The molecule has 3 rings (SSSR count). The number of hydrogen-bond donors (Lipinski definition) is 0. The maximum Gasteiger partial charge on any atom is 0.416 e. The van der Waals surface area contributed by atoms with Crippen LogP contribution in [-0.4, -0.2) is 43.1 Å². The smallest absolute Gasteiger partial charge is 0.416 e. The summed E-state index contributed by atoms with van der Waals surface area (Å²) < 4.78 is 44.7. The van der Waals surface area contributed by atoms with E-state index in [1.807, 2.05) is 29.2 Å². The van der Waals surface area contributed by atoms with Crippen LogP contribution in [0.1, 0.15) is 38.8 Å². The Labute approximate surface area is 181 Å². The molecule has 1 amide bonds. The van der Waals surface area contributed by atoms with Crippen LogP contribution in [0.4, 0.5) is 18.9 Å². The Bertz CT molecular complexity index is 896. The zero-order valence-corrected chi connectivity index (χ0v) is 18.4. The fourth-order valence-corrected chi connectivity index (χ4v) is 3.61. The molecular formula is C24H29F3N2O2. The number of carbonyl (C=O) groups excluding carboxylic acids is 1. The van der Waals surface area contributed by atoms with E-state index in [0.717, 1.165) is 12.1 Å². The molecule has 2 aromatic rings. The van der Waals surface area contributed by atoms with Gasteiger partial charge < -0.3 is 14.5 Å². The van der Waals surface area contributed by atoms with E-state index in [2.05, 4.69) is 20.8 Å². The van der Waals surface area contributed by atoms with Gasteiger partial charge in [-0.3, -0.25) is 4.79 Å². The summed E-state index contributed by atoms with van der Waals surface area (Å²) in [6.07, 6.45) is -5.01. The highest BCUT2D eigenvalue weighted by Gasteiger charge is 2.31. The molecule has 0 spiro atoms. The topological polar surface area (TPSA) is 32.8 Å². The van der Waals surface area contributed by atoms with Crippen LogP contribution in [0, 0.1) is 0 Å². The lowest BCUT2D eigenvalue weighted by Crippen LogP contribution is -2.52. The summed E-state index contributed by atoms with van der Waals surface area (Å²) in [6.45, 7) is 9.94. The molecule has 1 atom stereocenters. The third kappa shape index (κ3) is 5.71. The minimum absolute atomic E-state index is 0.0409. The van der Waals surface area contributed by atoms with Gasteiger partial charge in [0.2, 0.25) is 0 Å². The molecule has 0 unspecified atom stereocenters.